The molecule has 2 heterocycles. The van der Waals surface area contributed by atoms with E-state index in [1.807, 2.05) is 25.6 Å². The van der Waals surface area contributed by atoms with Crippen molar-refractivity contribution < 1.29 is 0 Å². The summed E-state index contributed by atoms with van der Waals surface area (Å²) in [5.41, 5.74) is 6.52. The fourth-order valence-electron chi connectivity index (χ4n) is 1.25. The molecule has 0 saturated carbocycles. The highest BCUT2D eigenvalue weighted by atomic mass is 32.2. The number of hydrogen-bond donors (Lipinski definition) is 1. The van der Waals surface area contributed by atoms with Crippen molar-refractivity contribution in [1.29, 1.82) is 0 Å². The van der Waals surface area contributed by atoms with Crippen LogP contribution < -0.4 is 5.73 Å². The Labute approximate surface area is 98.1 Å². The van der Waals surface area contributed by atoms with E-state index in [4.69, 9.17) is 5.73 Å². The third-order valence-electron chi connectivity index (χ3n) is 2.00. The van der Waals surface area contributed by atoms with Gasteiger partial charge in [-0.3, -0.25) is 4.68 Å². The maximum atomic E-state index is 5.45. The summed E-state index contributed by atoms with van der Waals surface area (Å²) in [6, 6.07) is 0. The Bertz CT molecular complexity index is 450. The van der Waals surface area contributed by atoms with E-state index in [1.54, 1.807) is 10.9 Å². The molecule has 0 aliphatic carbocycles. The van der Waals surface area contributed by atoms with E-state index in [0.29, 0.717) is 6.54 Å². The van der Waals surface area contributed by atoms with Gasteiger partial charge >= 0.3 is 0 Å². The van der Waals surface area contributed by atoms with Gasteiger partial charge in [-0.25, -0.2) is 9.97 Å². The molecule has 0 bridgehead atoms. The summed E-state index contributed by atoms with van der Waals surface area (Å²) in [6.45, 7) is 0.623. The fraction of sp³-hybridized carbons (Fsp3) is 0.300. The van der Waals surface area contributed by atoms with Crippen LogP contribution in [0.4, 0.5) is 0 Å². The van der Waals surface area contributed by atoms with Gasteiger partial charge in [-0.15, -0.1) is 0 Å². The van der Waals surface area contributed by atoms with Crippen molar-refractivity contribution in [2.24, 2.45) is 12.8 Å². The lowest BCUT2D eigenvalue weighted by Gasteiger charge is -1.99. The maximum absolute atomic E-state index is 5.45. The second-order valence-corrected chi connectivity index (χ2v) is 4.41. The molecule has 0 aliphatic rings. The first-order valence-electron chi connectivity index (χ1n) is 4.95. The number of aromatic nitrogens is 4. The normalized spacial score (nSPS) is 10.6. The largest absolute Gasteiger partial charge is 0.330 e. The molecule has 2 aromatic heterocycles. The Balaban J connectivity index is 2.05. The van der Waals surface area contributed by atoms with Gasteiger partial charge in [-0.2, -0.15) is 5.10 Å². The molecule has 2 aromatic rings. The van der Waals surface area contributed by atoms with Crippen LogP contribution in [0.2, 0.25) is 0 Å². The molecule has 5 nitrogen and oxygen atoms in total. The molecule has 6 heteroatoms. The molecule has 0 aromatic carbocycles. The fourth-order valence-corrected chi connectivity index (χ4v) is 1.98. The molecule has 0 aliphatic heterocycles. The lowest BCUT2D eigenvalue weighted by atomic mass is 10.2. The van der Waals surface area contributed by atoms with Crippen LogP contribution in [0.5, 0.6) is 0 Å². The van der Waals surface area contributed by atoms with Gasteiger partial charge in [0.15, 0.2) is 5.16 Å². The van der Waals surface area contributed by atoms with Crippen LogP contribution >= 0.6 is 11.8 Å². The Kier molecular flexibility index (Phi) is 3.53. The highest BCUT2D eigenvalue weighted by Crippen LogP contribution is 2.22. The Hall–Kier alpha value is -1.40. The SMILES string of the molecule is Cn1cc(Sc2ncc(CCN)cn2)cn1. The van der Waals surface area contributed by atoms with Gasteiger partial charge in [0, 0.05) is 25.6 Å². The van der Waals surface area contributed by atoms with Gasteiger partial charge in [0.2, 0.25) is 0 Å². The average Bonchev–Trinajstić information content (AvgIpc) is 2.67. The van der Waals surface area contributed by atoms with Crippen molar-refractivity contribution in [3.05, 3.63) is 30.4 Å². The van der Waals surface area contributed by atoms with Gasteiger partial charge in [-0.05, 0) is 30.3 Å². The molecule has 2 rings (SSSR count). The van der Waals surface area contributed by atoms with Crippen LogP contribution in [-0.2, 0) is 13.5 Å². The van der Waals surface area contributed by atoms with Gasteiger partial charge < -0.3 is 5.73 Å². The standard InChI is InChI=1S/C10H13N5S/c1-15-7-9(6-14-15)16-10-12-4-8(2-3-11)5-13-10/h4-7H,2-3,11H2,1H3. The zero-order valence-corrected chi connectivity index (χ0v) is 9.81. The van der Waals surface area contributed by atoms with Crippen LogP contribution in [-0.4, -0.2) is 26.3 Å². The Morgan fingerprint density at radius 2 is 2.06 bits per heavy atom. The van der Waals surface area contributed by atoms with Crippen molar-refractivity contribution in [2.75, 3.05) is 6.54 Å². The highest BCUT2D eigenvalue weighted by molar-refractivity contribution is 7.99. The van der Waals surface area contributed by atoms with Crippen LogP contribution in [0.25, 0.3) is 0 Å². The minimum atomic E-state index is 0.623. The molecule has 16 heavy (non-hydrogen) atoms. The summed E-state index contributed by atoms with van der Waals surface area (Å²) in [4.78, 5) is 9.56. The van der Waals surface area contributed by atoms with Crippen molar-refractivity contribution in [3.63, 3.8) is 0 Å². The Morgan fingerprint density at radius 1 is 1.31 bits per heavy atom. The summed E-state index contributed by atoms with van der Waals surface area (Å²) in [7, 11) is 1.88. The first-order valence-corrected chi connectivity index (χ1v) is 5.77. The first kappa shape index (κ1) is 11.1. The van der Waals surface area contributed by atoms with Gasteiger partial charge in [0.1, 0.15) is 0 Å². The molecule has 0 atom stereocenters. The van der Waals surface area contributed by atoms with Crippen molar-refractivity contribution in [3.8, 4) is 0 Å². The van der Waals surface area contributed by atoms with Crippen LogP contribution in [0.3, 0.4) is 0 Å². The van der Waals surface area contributed by atoms with E-state index in [-0.39, 0.29) is 0 Å². The number of hydrogen-bond acceptors (Lipinski definition) is 5. The number of rotatable bonds is 4. The minimum absolute atomic E-state index is 0.623. The maximum Gasteiger partial charge on any atom is 0.192 e. The molecular weight excluding hydrogens is 222 g/mol. The molecule has 0 amide bonds. The van der Waals surface area contributed by atoms with Gasteiger partial charge in [0.25, 0.3) is 0 Å². The lowest BCUT2D eigenvalue weighted by molar-refractivity contribution is 0.766. The topological polar surface area (TPSA) is 69.6 Å². The molecule has 84 valence electrons. The monoisotopic (exact) mass is 235 g/mol. The predicted molar refractivity (Wildman–Crippen MR) is 62.1 cm³/mol. The van der Waals surface area contributed by atoms with Crippen LogP contribution in [0.15, 0.2) is 34.8 Å². The summed E-state index contributed by atoms with van der Waals surface area (Å²) < 4.78 is 1.76. The third kappa shape index (κ3) is 2.80. The van der Waals surface area contributed by atoms with Crippen molar-refractivity contribution in [2.45, 2.75) is 16.5 Å². The number of nitrogens with two attached hydrogens (primary N) is 1. The van der Waals surface area contributed by atoms with E-state index < -0.39 is 0 Å². The molecular formula is C10H13N5S. The van der Waals surface area contributed by atoms with E-state index in [1.165, 1.54) is 11.8 Å². The lowest BCUT2D eigenvalue weighted by Crippen LogP contribution is -2.03. The Morgan fingerprint density at radius 3 is 2.62 bits per heavy atom. The second kappa shape index (κ2) is 5.09. The summed E-state index contributed by atoms with van der Waals surface area (Å²) in [5, 5.41) is 4.81. The van der Waals surface area contributed by atoms with Gasteiger partial charge in [0.05, 0.1) is 11.1 Å². The molecule has 0 fully saturated rings. The van der Waals surface area contributed by atoms with Crippen LogP contribution in [0.1, 0.15) is 5.56 Å². The predicted octanol–water partition coefficient (Wildman–Crippen LogP) is 0.863. The van der Waals surface area contributed by atoms with E-state index in [2.05, 4.69) is 15.1 Å². The minimum Gasteiger partial charge on any atom is -0.330 e. The van der Waals surface area contributed by atoms with Crippen molar-refractivity contribution >= 4 is 11.8 Å². The van der Waals surface area contributed by atoms with E-state index in [9.17, 15) is 0 Å². The first-order chi connectivity index (χ1) is 7.78. The molecule has 0 radical (unpaired) electrons. The van der Waals surface area contributed by atoms with Gasteiger partial charge in [-0.1, -0.05) is 0 Å². The van der Waals surface area contributed by atoms with Crippen molar-refractivity contribution in [1.82, 2.24) is 19.7 Å². The quantitative estimate of drug-likeness (QED) is 0.796. The molecule has 0 unspecified atom stereocenters. The smallest absolute Gasteiger partial charge is 0.192 e. The highest BCUT2D eigenvalue weighted by Gasteiger charge is 2.02. The van der Waals surface area contributed by atoms with Crippen LogP contribution in [0, 0.1) is 0 Å². The summed E-state index contributed by atoms with van der Waals surface area (Å²) >= 11 is 1.50. The number of nitrogens with zero attached hydrogens (tertiary/aromatic N) is 4. The zero-order valence-electron chi connectivity index (χ0n) is 9.00. The summed E-state index contributed by atoms with van der Waals surface area (Å²) in [6.07, 6.45) is 8.18. The summed E-state index contributed by atoms with van der Waals surface area (Å²) in [5.74, 6) is 0. The average molecular weight is 235 g/mol. The molecule has 0 saturated heterocycles. The molecule has 2 N–H and O–H groups in total. The van der Waals surface area contributed by atoms with E-state index in [0.717, 1.165) is 22.0 Å². The number of aryl methyl sites for hydroxylation is 1. The molecule has 0 spiro atoms. The zero-order chi connectivity index (χ0) is 11.4. The van der Waals surface area contributed by atoms with E-state index >= 15 is 0 Å². The third-order valence-corrected chi connectivity index (χ3v) is 2.84. The second-order valence-electron chi connectivity index (χ2n) is 3.36.